The van der Waals surface area contributed by atoms with E-state index in [0.717, 1.165) is 6.21 Å². The minimum Gasteiger partial charge on any atom is -0.335 e. The lowest BCUT2D eigenvalue weighted by molar-refractivity contribution is -0.108. The Morgan fingerprint density at radius 1 is 1.57 bits per heavy atom. The van der Waals surface area contributed by atoms with Gasteiger partial charge in [-0.05, 0) is 6.08 Å². The predicted octanol–water partition coefficient (Wildman–Crippen LogP) is -0.104. The third-order valence-electron chi connectivity index (χ3n) is 0.357. The van der Waals surface area contributed by atoms with Gasteiger partial charge in [-0.2, -0.15) is 0 Å². The van der Waals surface area contributed by atoms with E-state index in [-0.39, 0.29) is 0 Å². The third kappa shape index (κ3) is 4.88. The Balaban J connectivity index is 3.08. The Bertz CT molecular complexity index is 87.7. The second kappa shape index (κ2) is 4.88. The van der Waals surface area contributed by atoms with E-state index in [0.29, 0.717) is 6.41 Å². The van der Waals surface area contributed by atoms with Crippen LogP contribution in [0.2, 0.25) is 0 Å². The van der Waals surface area contributed by atoms with Crippen molar-refractivity contribution in [1.82, 2.24) is 5.32 Å². The highest BCUT2D eigenvalue weighted by Gasteiger charge is 1.59. The van der Waals surface area contributed by atoms with Crippen LogP contribution in [0.3, 0.4) is 0 Å². The largest absolute Gasteiger partial charge is 0.335 e. The Labute approximate surface area is 41.5 Å². The van der Waals surface area contributed by atoms with Gasteiger partial charge >= 0.3 is 0 Å². The van der Waals surface area contributed by atoms with E-state index in [4.69, 9.17) is 5.41 Å². The van der Waals surface area contributed by atoms with E-state index in [1.54, 1.807) is 0 Å². The lowest BCUT2D eigenvalue weighted by Gasteiger charge is -1.75. The van der Waals surface area contributed by atoms with E-state index in [1.165, 1.54) is 12.3 Å². The predicted molar refractivity (Wildman–Crippen MR) is 27.1 cm³/mol. The molecule has 0 aliphatic heterocycles. The van der Waals surface area contributed by atoms with Crippen molar-refractivity contribution < 1.29 is 4.79 Å². The highest BCUT2D eigenvalue weighted by Crippen LogP contribution is 1.53. The number of carbonyl (C=O) groups is 1. The van der Waals surface area contributed by atoms with Crippen molar-refractivity contribution in [2.24, 2.45) is 0 Å². The number of amides is 1. The first-order valence-electron chi connectivity index (χ1n) is 1.77. The SMILES string of the molecule is N=C/C=C\NC=O. The first kappa shape index (κ1) is 5.88. The Kier molecular flexibility index (Phi) is 4.10. The van der Waals surface area contributed by atoms with Crippen LogP contribution >= 0.6 is 0 Å². The molecule has 38 valence electrons. The molecule has 0 unspecified atom stereocenters. The van der Waals surface area contributed by atoms with Crippen molar-refractivity contribution in [3.05, 3.63) is 12.3 Å². The quantitative estimate of drug-likeness (QED) is 0.375. The summed E-state index contributed by atoms with van der Waals surface area (Å²) in [7, 11) is 0. The maximum Gasteiger partial charge on any atom is 0.211 e. The van der Waals surface area contributed by atoms with Gasteiger partial charge in [0.2, 0.25) is 6.41 Å². The van der Waals surface area contributed by atoms with Gasteiger partial charge in [0.05, 0.1) is 0 Å². The molecule has 0 aliphatic rings. The molecule has 0 aromatic rings. The molecule has 0 aromatic carbocycles. The van der Waals surface area contributed by atoms with Gasteiger partial charge in [0.25, 0.3) is 0 Å². The lowest BCUT2D eigenvalue weighted by Crippen LogP contribution is -1.97. The summed E-state index contributed by atoms with van der Waals surface area (Å²) in [6.45, 7) is 0. The Morgan fingerprint density at radius 3 is 2.71 bits per heavy atom. The molecule has 1 amide bonds. The summed E-state index contributed by atoms with van der Waals surface area (Å²) < 4.78 is 0. The molecule has 0 radical (unpaired) electrons. The molecule has 0 atom stereocenters. The van der Waals surface area contributed by atoms with Gasteiger partial charge < -0.3 is 10.7 Å². The minimum atomic E-state index is 0.542. The topological polar surface area (TPSA) is 53.0 Å². The Hall–Kier alpha value is -1.12. The van der Waals surface area contributed by atoms with Crippen LogP contribution in [0.25, 0.3) is 0 Å². The van der Waals surface area contributed by atoms with E-state index in [2.05, 4.69) is 5.32 Å². The standard InChI is InChI=1S/C4H6N2O/c5-2-1-3-6-4-7/h1-5H,(H,6,7)/b3-1-,5-2?. The number of allylic oxidation sites excluding steroid dienone is 1. The van der Waals surface area contributed by atoms with Crippen LogP contribution < -0.4 is 5.32 Å². The van der Waals surface area contributed by atoms with E-state index >= 15 is 0 Å². The van der Waals surface area contributed by atoms with E-state index < -0.39 is 0 Å². The van der Waals surface area contributed by atoms with Crippen LogP contribution in [-0.2, 0) is 4.79 Å². The number of hydrogen-bond acceptors (Lipinski definition) is 2. The van der Waals surface area contributed by atoms with Crippen LogP contribution in [0, 0.1) is 5.41 Å². The van der Waals surface area contributed by atoms with Crippen LogP contribution in [-0.4, -0.2) is 12.6 Å². The second-order valence-electron chi connectivity index (χ2n) is 0.810. The average molecular weight is 98.1 g/mol. The normalized spacial score (nSPS) is 8.57. The van der Waals surface area contributed by atoms with E-state index in [1.807, 2.05) is 0 Å². The maximum atomic E-state index is 9.44. The molecule has 0 saturated heterocycles. The monoisotopic (exact) mass is 98.0 g/mol. The van der Waals surface area contributed by atoms with Gasteiger partial charge in [-0.15, -0.1) is 0 Å². The number of carbonyl (C=O) groups excluding carboxylic acids is 1. The molecule has 0 bridgehead atoms. The fraction of sp³-hybridized carbons (Fsp3) is 0. The summed E-state index contributed by atoms with van der Waals surface area (Å²) in [5.74, 6) is 0. The zero-order valence-electron chi connectivity index (χ0n) is 3.72. The summed E-state index contributed by atoms with van der Waals surface area (Å²) in [6.07, 6.45) is 4.41. The fourth-order valence-corrected chi connectivity index (χ4v) is 0.143. The van der Waals surface area contributed by atoms with Gasteiger partial charge in [0.15, 0.2) is 0 Å². The van der Waals surface area contributed by atoms with Crippen molar-refractivity contribution in [3.8, 4) is 0 Å². The zero-order valence-corrected chi connectivity index (χ0v) is 3.72. The maximum absolute atomic E-state index is 9.44. The summed E-state index contributed by atoms with van der Waals surface area (Å²) >= 11 is 0. The van der Waals surface area contributed by atoms with Crippen molar-refractivity contribution in [3.63, 3.8) is 0 Å². The molecular weight excluding hydrogens is 92.1 g/mol. The first-order chi connectivity index (χ1) is 3.41. The molecule has 0 aromatic heterocycles. The van der Waals surface area contributed by atoms with E-state index in [9.17, 15) is 4.79 Å². The van der Waals surface area contributed by atoms with Crippen molar-refractivity contribution >= 4 is 12.6 Å². The molecule has 2 N–H and O–H groups in total. The molecular formula is C4H6N2O. The minimum absolute atomic E-state index is 0.542. The number of hydrogen-bond donors (Lipinski definition) is 2. The van der Waals surface area contributed by atoms with Crippen LogP contribution in [0.5, 0.6) is 0 Å². The third-order valence-corrected chi connectivity index (χ3v) is 0.357. The zero-order chi connectivity index (χ0) is 5.54. The second-order valence-corrected chi connectivity index (χ2v) is 0.810. The summed E-state index contributed by atoms with van der Waals surface area (Å²) in [5, 5.41) is 8.65. The van der Waals surface area contributed by atoms with Gasteiger partial charge in [-0.1, -0.05) is 0 Å². The molecule has 0 saturated carbocycles. The Morgan fingerprint density at radius 2 is 2.29 bits per heavy atom. The highest BCUT2D eigenvalue weighted by molar-refractivity contribution is 5.68. The van der Waals surface area contributed by atoms with Crippen molar-refractivity contribution in [1.29, 1.82) is 5.41 Å². The van der Waals surface area contributed by atoms with Crippen LogP contribution in [0.1, 0.15) is 0 Å². The highest BCUT2D eigenvalue weighted by atomic mass is 16.1. The summed E-state index contributed by atoms with van der Waals surface area (Å²) in [6, 6.07) is 0. The van der Waals surface area contributed by atoms with Crippen molar-refractivity contribution in [2.45, 2.75) is 0 Å². The molecule has 3 nitrogen and oxygen atoms in total. The molecule has 0 aliphatic carbocycles. The van der Waals surface area contributed by atoms with Crippen LogP contribution in [0.4, 0.5) is 0 Å². The molecule has 0 heterocycles. The van der Waals surface area contributed by atoms with Gasteiger partial charge in [-0.3, -0.25) is 4.79 Å². The van der Waals surface area contributed by atoms with Gasteiger partial charge in [0, 0.05) is 12.4 Å². The molecule has 0 fully saturated rings. The van der Waals surface area contributed by atoms with Crippen molar-refractivity contribution in [2.75, 3.05) is 0 Å². The lowest BCUT2D eigenvalue weighted by atomic mass is 10.7. The molecule has 0 rings (SSSR count). The average Bonchev–Trinajstić information content (AvgIpc) is 1.69. The first-order valence-corrected chi connectivity index (χ1v) is 1.77. The van der Waals surface area contributed by atoms with Crippen LogP contribution in [0.15, 0.2) is 12.3 Å². The molecule has 0 spiro atoms. The number of rotatable bonds is 3. The summed E-state index contributed by atoms with van der Waals surface area (Å²) in [4.78, 5) is 9.44. The fourth-order valence-electron chi connectivity index (χ4n) is 0.143. The molecule has 3 heteroatoms. The van der Waals surface area contributed by atoms with Gasteiger partial charge in [0.1, 0.15) is 0 Å². The molecule has 7 heavy (non-hydrogen) atoms. The smallest absolute Gasteiger partial charge is 0.211 e. The summed E-state index contributed by atoms with van der Waals surface area (Å²) in [5.41, 5.74) is 0. The van der Waals surface area contributed by atoms with Gasteiger partial charge in [-0.25, -0.2) is 0 Å². The number of nitrogens with one attached hydrogen (secondary N) is 2.